The minimum Gasteiger partial charge on any atom is -0.389 e. The van der Waals surface area contributed by atoms with Crippen molar-refractivity contribution in [2.75, 3.05) is 0 Å². The first kappa shape index (κ1) is 9.94. The largest absolute Gasteiger partial charge is 0.389 e. The van der Waals surface area contributed by atoms with Crippen LogP contribution in [0.15, 0.2) is 24.8 Å². The summed E-state index contributed by atoms with van der Waals surface area (Å²) in [7, 11) is 0. The van der Waals surface area contributed by atoms with Crippen LogP contribution in [-0.4, -0.2) is 21.9 Å². The second-order valence-corrected chi connectivity index (χ2v) is 4.91. The van der Waals surface area contributed by atoms with Gasteiger partial charge in [-0.2, -0.15) is 0 Å². The van der Waals surface area contributed by atoms with Gasteiger partial charge in [-0.25, -0.2) is 0 Å². The minimum absolute atomic E-state index is 0.160. The predicted octanol–water partition coefficient (Wildman–Crippen LogP) is 1.64. The van der Waals surface area contributed by atoms with Gasteiger partial charge >= 0.3 is 0 Å². The smallest absolute Gasteiger partial charge is 0.118 e. The van der Waals surface area contributed by atoms with Gasteiger partial charge in [-0.3, -0.25) is 0 Å². The van der Waals surface area contributed by atoms with Crippen LogP contribution in [-0.2, 0) is 0 Å². The number of hydrogen-bond acceptors (Lipinski definition) is 2. The normalized spacial score (nSPS) is 52.1. The lowest BCUT2D eigenvalue weighted by Crippen LogP contribution is -2.63. The Hall–Kier alpha value is -0.600. The SMILES string of the molecule is C=CC1(O)C(O)C2CCC1(C)C(=C)C2. The van der Waals surface area contributed by atoms with Gasteiger partial charge in [-0.05, 0) is 25.2 Å². The van der Waals surface area contributed by atoms with Crippen LogP contribution in [0, 0.1) is 11.3 Å². The highest BCUT2D eigenvalue weighted by atomic mass is 16.3. The molecule has 0 radical (unpaired) electrons. The fourth-order valence-electron chi connectivity index (χ4n) is 3.08. The lowest BCUT2D eigenvalue weighted by molar-refractivity contribution is -0.175. The third-order valence-corrected chi connectivity index (χ3v) is 4.40. The van der Waals surface area contributed by atoms with Crippen LogP contribution >= 0.6 is 0 Å². The number of aliphatic hydroxyl groups excluding tert-OH is 1. The molecule has 3 aliphatic rings. The summed E-state index contributed by atoms with van der Waals surface area (Å²) in [6, 6.07) is 0. The molecule has 78 valence electrons. The average Bonchev–Trinajstić information content (AvgIpc) is 2.17. The second-order valence-electron chi connectivity index (χ2n) is 4.91. The highest BCUT2D eigenvalue weighted by molar-refractivity contribution is 5.31. The molecule has 3 aliphatic carbocycles. The van der Waals surface area contributed by atoms with Crippen LogP contribution in [0.1, 0.15) is 26.2 Å². The Bertz CT molecular complexity index is 295. The first-order valence-electron chi connectivity index (χ1n) is 5.18. The number of hydrogen-bond donors (Lipinski definition) is 2. The molecule has 3 fully saturated rings. The molecule has 0 saturated heterocycles. The highest BCUT2D eigenvalue weighted by Crippen LogP contribution is 2.58. The van der Waals surface area contributed by atoms with Gasteiger partial charge in [-0.1, -0.05) is 25.2 Å². The van der Waals surface area contributed by atoms with Crippen molar-refractivity contribution in [2.45, 2.75) is 37.9 Å². The van der Waals surface area contributed by atoms with Crippen molar-refractivity contribution in [1.29, 1.82) is 0 Å². The molecule has 0 amide bonds. The number of fused-ring (bicyclic) bond motifs is 3. The molecule has 0 aromatic carbocycles. The van der Waals surface area contributed by atoms with Crippen LogP contribution in [0.3, 0.4) is 0 Å². The summed E-state index contributed by atoms with van der Waals surface area (Å²) >= 11 is 0. The topological polar surface area (TPSA) is 40.5 Å². The molecular formula is C12H18O2. The lowest BCUT2D eigenvalue weighted by atomic mass is 9.50. The van der Waals surface area contributed by atoms with Crippen molar-refractivity contribution in [3.63, 3.8) is 0 Å². The first-order valence-corrected chi connectivity index (χ1v) is 5.18. The summed E-state index contributed by atoms with van der Waals surface area (Å²) in [6.07, 6.45) is 3.54. The molecule has 0 aromatic heterocycles. The van der Waals surface area contributed by atoms with Crippen molar-refractivity contribution in [1.82, 2.24) is 0 Å². The van der Waals surface area contributed by atoms with Gasteiger partial charge in [0.05, 0.1) is 6.10 Å². The number of rotatable bonds is 1. The lowest BCUT2D eigenvalue weighted by Gasteiger charge is -2.58. The Morgan fingerprint density at radius 1 is 1.57 bits per heavy atom. The maximum absolute atomic E-state index is 10.4. The van der Waals surface area contributed by atoms with Crippen molar-refractivity contribution in [3.05, 3.63) is 24.8 Å². The molecular weight excluding hydrogens is 176 g/mol. The minimum atomic E-state index is -1.18. The molecule has 2 bridgehead atoms. The van der Waals surface area contributed by atoms with Gasteiger partial charge < -0.3 is 10.2 Å². The van der Waals surface area contributed by atoms with Crippen molar-refractivity contribution in [2.24, 2.45) is 11.3 Å². The van der Waals surface area contributed by atoms with E-state index in [1.54, 1.807) is 0 Å². The van der Waals surface area contributed by atoms with Gasteiger partial charge in [0.1, 0.15) is 5.60 Å². The molecule has 4 atom stereocenters. The maximum atomic E-state index is 10.4. The fourth-order valence-corrected chi connectivity index (χ4v) is 3.08. The molecule has 4 unspecified atom stereocenters. The van der Waals surface area contributed by atoms with Crippen molar-refractivity contribution < 1.29 is 10.2 Å². The standard InChI is InChI=1S/C12H18O2/c1-4-12(14)10(13)9-5-6-11(12,3)8(2)7-9/h4,9-10,13-14H,1-2,5-7H2,3H3. The third kappa shape index (κ3) is 0.882. The predicted molar refractivity (Wildman–Crippen MR) is 55.7 cm³/mol. The summed E-state index contributed by atoms with van der Waals surface area (Å²) in [5, 5.41) is 20.5. The van der Waals surface area contributed by atoms with E-state index in [0.717, 1.165) is 24.8 Å². The van der Waals surface area contributed by atoms with Crippen LogP contribution in [0.25, 0.3) is 0 Å². The molecule has 0 heterocycles. The second kappa shape index (κ2) is 2.71. The van der Waals surface area contributed by atoms with Crippen LogP contribution in [0.5, 0.6) is 0 Å². The Balaban J connectivity index is 2.51. The molecule has 0 aromatic rings. The zero-order valence-corrected chi connectivity index (χ0v) is 8.66. The summed E-state index contributed by atoms with van der Waals surface area (Å²) in [4.78, 5) is 0. The van der Waals surface area contributed by atoms with Crippen LogP contribution in [0.2, 0.25) is 0 Å². The zero-order chi connectivity index (χ0) is 10.6. The average molecular weight is 194 g/mol. The Kier molecular flexibility index (Phi) is 1.92. The van der Waals surface area contributed by atoms with E-state index in [0.29, 0.717) is 0 Å². The van der Waals surface area contributed by atoms with Gasteiger partial charge in [0.15, 0.2) is 0 Å². The van der Waals surface area contributed by atoms with Gasteiger partial charge in [0.25, 0.3) is 0 Å². The van der Waals surface area contributed by atoms with E-state index < -0.39 is 11.7 Å². The Morgan fingerprint density at radius 3 is 2.64 bits per heavy atom. The molecule has 0 spiro atoms. The number of aliphatic hydroxyl groups is 2. The van der Waals surface area contributed by atoms with E-state index in [2.05, 4.69) is 13.2 Å². The molecule has 14 heavy (non-hydrogen) atoms. The van der Waals surface area contributed by atoms with E-state index in [1.165, 1.54) is 6.08 Å². The molecule has 2 nitrogen and oxygen atoms in total. The van der Waals surface area contributed by atoms with Gasteiger partial charge in [0, 0.05) is 5.41 Å². The quantitative estimate of drug-likeness (QED) is 0.623. The molecule has 2 N–H and O–H groups in total. The van der Waals surface area contributed by atoms with E-state index in [4.69, 9.17) is 0 Å². The maximum Gasteiger partial charge on any atom is 0.118 e. The monoisotopic (exact) mass is 194 g/mol. The highest BCUT2D eigenvalue weighted by Gasteiger charge is 2.60. The van der Waals surface area contributed by atoms with Crippen LogP contribution < -0.4 is 0 Å². The molecule has 0 aliphatic heterocycles. The summed E-state index contributed by atoms with van der Waals surface area (Å²) in [6.45, 7) is 9.66. The van der Waals surface area contributed by atoms with E-state index in [1.807, 2.05) is 6.92 Å². The summed E-state index contributed by atoms with van der Waals surface area (Å²) in [5.74, 6) is 0.160. The third-order valence-electron chi connectivity index (χ3n) is 4.40. The Morgan fingerprint density at radius 2 is 2.21 bits per heavy atom. The van der Waals surface area contributed by atoms with E-state index in [-0.39, 0.29) is 11.3 Å². The summed E-state index contributed by atoms with van der Waals surface area (Å²) < 4.78 is 0. The van der Waals surface area contributed by atoms with E-state index >= 15 is 0 Å². The summed E-state index contributed by atoms with van der Waals surface area (Å²) in [5.41, 5.74) is -0.504. The van der Waals surface area contributed by atoms with Crippen LogP contribution in [0.4, 0.5) is 0 Å². The first-order chi connectivity index (χ1) is 6.45. The molecule has 3 rings (SSSR count). The zero-order valence-electron chi connectivity index (χ0n) is 8.66. The van der Waals surface area contributed by atoms with E-state index in [9.17, 15) is 10.2 Å². The molecule has 3 saturated carbocycles. The fraction of sp³-hybridized carbons (Fsp3) is 0.667. The van der Waals surface area contributed by atoms with Crippen molar-refractivity contribution >= 4 is 0 Å². The van der Waals surface area contributed by atoms with Crippen molar-refractivity contribution in [3.8, 4) is 0 Å². The van der Waals surface area contributed by atoms with Gasteiger partial charge in [0.2, 0.25) is 0 Å². The Labute approximate surface area is 85.0 Å². The van der Waals surface area contributed by atoms with Gasteiger partial charge in [-0.15, -0.1) is 6.58 Å². The molecule has 2 heteroatoms.